The Morgan fingerprint density at radius 3 is 2.70 bits per heavy atom. The van der Waals surface area contributed by atoms with E-state index in [9.17, 15) is 14.7 Å². The highest BCUT2D eigenvalue weighted by Gasteiger charge is 2.05. The monoisotopic (exact) mass is 369 g/mol. The highest BCUT2D eigenvalue weighted by Crippen LogP contribution is 2.26. The molecule has 2 aromatic carbocycles. The number of ether oxygens (including phenoxy) is 1. The summed E-state index contributed by atoms with van der Waals surface area (Å²) in [5.74, 6) is 0.00741. The number of rotatable bonds is 9. The van der Waals surface area contributed by atoms with E-state index < -0.39 is 0 Å². The van der Waals surface area contributed by atoms with Crippen LogP contribution in [0.1, 0.15) is 35.7 Å². The molecule has 0 atom stereocenters. The van der Waals surface area contributed by atoms with Gasteiger partial charge in [0.2, 0.25) is 5.91 Å². The molecular weight excluding hydrogens is 346 g/mol. The third-order valence-corrected chi connectivity index (χ3v) is 3.59. The van der Waals surface area contributed by atoms with Crippen LogP contribution in [0.25, 0.3) is 0 Å². The van der Waals surface area contributed by atoms with Crippen LogP contribution in [0.5, 0.6) is 11.5 Å². The number of benzene rings is 2. The molecule has 2 rings (SSSR count). The molecule has 2 aromatic rings. The van der Waals surface area contributed by atoms with Crippen LogP contribution in [0, 0.1) is 0 Å². The van der Waals surface area contributed by atoms with Crippen LogP contribution >= 0.6 is 0 Å². The zero-order valence-corrected chi connectivity index (χ0v) is 15.1. The molecule has 0 radical (unpaired) electrons. The topological polar surface area (TPSA) is 100 Å². The van der Waals surface area contributed by atoms with Gasteiger partial charge in [-0.15, -0.1) is 0 Å². The number of hydrazone groups is 1. The predicted molar refractivity (Wildman–Crippen MR) is 103 cm³/mol. The number of carbonyl (C=O) groups excluding carboxylic acids is 2. The van der Waals surface area contributed by atoms with Crippen molar-refractivity contribution >= 4 is 18.0 Å². The van der Waals surface area contributed by atoms with E-state index in [0.717, 1.165) is 0 Å². The van der Waals surface area contributed by atoms with Crippen LogP contribution in [0.3, 0.4) is 0 Å². The summed E-state index contributed by atoms with van der Waals surface area (Å²) in [6.07, 6.45) is 2.22. The van der Waals surface area contributed by atoms with Gasteiger partial charge in [0, 0.05) is 18.5 Å². The fourth-order valence-electron chi connectivity index (χ4n) is 2.26. The first-order valence-electron chi connectivity index (χ1n) is 8.71. The number of nitrogens with zero attached hydrogens (tertiary/aromatic N) is 1. The minimum Gasteiger partial charge on any atom is -0.504 e. The Kier molecular flexibility index (Phi) is 7.84. The van der Waals surface area contributed by atoms with Gasteiger partial charge < -0.3 is 15.2 Å². The molecule has 0 saturated heterocycles. The van der Waals surface area contributed by atoms with Crippen molar-refractivity contribution < 1.29 is 19.4 Å². The van der Waals surface area contributed by atoms with Gasteiger partial charge in [-0.2, -0.15) is 5.10 Å². The van der Waals surface area contributed by atoms with E-state index in [0.29, 0.717) is 36.4 Å². The van der Waals surface area contributed by atoms with Gasteiger partial charge in [-0.05, 0) is 49.2 Å². The van der Waals surface area contributed by atoms with Crippen molar-refractivity contribution in [3.63, 3.8) is 0 Å². The Balaban J connectivity index is 1.69. The number of phenolic OH excluding ortho intramolecular Hbond substituents is 1. The second-order valence-corrected chi connectivity index (χ2v) is 5.68. The molecule has 0 heterocycles. The van der Waals surface area contributed by atoms with E-state index in [1.165, 1.54) is 12.3 Å². The van der Waals surface area contributed by atoms with Crippen molar-refractivity contribution in [1.82, 2.24) is 10.7 Å². The van der Waals surface area contributed by atoms with Gasteiger partial charge in [0.05, 0.1) is 12.8 Å². The average molecular weight is 369 g/mol. The lowest BCUT2D eigenvalue weighted by Gasteiger charge is -2.06. The minimum atomic E-state index is -0.246. The first-order chi connectivity index (χ1) is 13.1. The van der Waals surface area contributed by atoms with Crippen LogP contribution in [0.4, 0.5) is 0 Å². The first-order valence-corrected chi connectivity index (χ1v) is 8.71. The molecule has 0 aliphatic rings. The molecule has 0 saturated carbocycles. The van der Waals surface area contributed by atoms with Crippen molar-refractivity contribution in [3.05, 3.63) is 59.7 Å². The normalized spacial score (nSPS) is 10.6. The summed E-state index contributed by atoms with van der Waals surface area (Å²) in [4.78, 5) is 23.6. The highest BCUT2D eigenvalue weighted by atomic mass is 16.5. The molecule has 0 unspecified atom stereocenters. The van der Waals surface area contributed by atoms with Crippen LogP contribution < -0.4 is 15.5 Å². The van der Waals surface area contributed by atoms with Crippen LogP contribution in [-0.4, -0.2) is 36.3 Å². The SMILES string of the molecule is CCOc1cc(/C=N/NC(=O)CCCNC(=O)c2ccccc2)ccc1O. The molecule has 0 bridgehead atoms. The number of carbonyl (C=O) groups is 2. The number of phenols is 1. The third kappa shape index (κ3) is 6.81. The molecule has 0 aliphatic carbocycles. The number of amides is 2. The van der Waals surface area contributed by atoms with Crippen LogP contribution in [-0.2, 0) is 4.79 Å². The smallest absolute Gasteiger partial charge is 0.251 e. The molecule has 0 aliphatic heterocycles. The highest BCUT2D eigenvalue weighted by molar-refractivity contribution is 5.94. The molecule has 7 heteroatoms. The van der Waals surface area contributed by atoms with Crippen molar-refractivity contribution in [2.24, 2.45) is 5.10 Å². The Morgan fingerprint density at radius 1 is 1.19 bits per heavy atom. The van der Waals surface area contributed by atoms with Gasteiger partial charge in [-0.1, -0.05) is 18.2 Å². The molecule has 0 aromatic heterocycles. The zero-order valence-electron chi connectivity index (χ0n) is 15.1. The summed E-state index contributed by atoms with van der Waals surface area (Å²) in [7, 11) is 0. The number of nitrogens with one attached hydrogen (secondary N) is 2. The first kappa shape index (κ1) is 20.0. The molecule has 7 nitrogen and oxygen atoms in total. The van der Waals surface area contributed by atoms with Gasteiger partial charge in [0.1, 0.15) is 0 Å². The zero-order chi connectivity index (χ0) is 19.5. The number of hydrogen-bond acceptors (Lipinski definition) is 5. The maximum Gasteiger partial charge on any atom is 0.251 e. The second-order valence-electron chi connectivity index (χ2n) is 5.68. The van der Waals surface area contributed by atoms with E-state index in [1.54, 1.807) is 36.4 Å². The van der Waals surface area contributed by atoms with E-state index in [-0.39, 0.29) is 24.0 Å². The minimum absolute atomic E-state index is 0.0515. The summed E-state index contributed by atoms with van der Waals surface area (Å²) < 4.78 is 5.29. The van der Waals surface area contributed by atoms with Gasteiger partial charge >= 0.3 is 0 Å². The number of hydrogen-bond donors (Lipinski definition) is 3. The van der Waals surface area contributed by atoms with E-state index in [2.05, 4.69) is 15.8 Å². The lowest BCUT2D eigenvalue weighted by atomic mass is 10.2. The second kappa shape index (κ2) is 10.6. The maximum atomic E-state index is 11.9. The fourth-order valence-corrected chi connectivity index (χ4v) is 2.26. The summed E-state index contributed by atoms with van der Waals surface area (Å²) in [5, 5.41) is 16.3. The quantitative estimate of drug-likeness (QED) is 0.359. The van der Waals surface area contributed by atoms with Gasteiger partial charge in [-0.25, -0.2) is 5.43 Å². The van der Waals surface area contributed by atoms with Crippen LogP contribution in [0.2, 0.25) is 0 Å². The van der Waals surface area contributed by atoms with Crippen LogP contribution in [0.15, 0.2) is 53.6 Å². The third-order valence-electron chi connectivity index (χ3n) is 3.59. The predicted octanol–water partition coefficient (Wildman–Crippen LogP) is 2.45. The van der Waals surface area contributed by atoms with Crippen molar-refractivity contribution in [3.8, 4) is 11.5 Å². The lowest BCUT2D eigenvalue weighted by Crippen LogP contribution is -2.26. The average Bonchev–Trinajstić information content (AvgIpc) is 2.68. The standard InChI is InChI=1S/C20H23N3O4/c1-2-27-18-13-15(10-11-17(18)24)14-22-23-19(25)9-6-12-21-20(26)16-7-4-3-5-8-16/h3-5,7-8,10-11,13-14,24H,2,6,9,12H2,1H3,(H,21,26)(H,23,25)/b22-14+. The van der Waals surface area contributed by atoms with Crippen molar-refractivity contribution in [2.45, 2.75) is 19.8 Å². The van der Waals surface area contributed by atoms with Gasteiger partial charge in [0.15, 0.2) is 11.5 Å². The van der Waals surface area contributed by atoms with E-state index >= 15 is 0 Å². The Labute approximate surface area is 158 Å². The molecule has 0 spiro atoms. The maximum absolute atomic E-state index is 11.9. The summed E-state index contributed by atoms with van der Waals surface area (Å²) >= 11 is 0. The fraction of sp³-hybridized carbons (Fsp3) is 0.250. The van der Waals surface area contributed by atoms with Crippen molar-refractivity contribution in [2.75, 3.05) is 13.2 Å². The van der Waals surface area contributed by atoms with Gasteiger partial charge in [0.25, 0.3) is 5.91 Å². The summed E-state index contributed by atoms with van der Waals surface area (Å²) in [6.45, 7) is 2.66. The Bertz CT molecular complexity index is 791. The molecule has 27 heavy (non-hydrogen) atoms. The largest absolute Gasteiger partial charge is 0.504 e. The molecule has 142 valence electrons. The molecule has 2 amide bonds. The molecular formula is C20H23N3O4. The molecule has 0 fully saturated rings. The Morgan fingerprint density at radius 2 is 1.96 bits per heavy atom. The molecule has 3 N–H and O–H groups in total. The summed E-state index contributed by atoms with van der Waals surface area (Å²) in [6, 6.07) is 13.7. The lowest BCUT2D eigenvalue weighted by molar-refractivity contribution is -0.121. The van der Waals surface area contributed by atoms with Gasteiger partial charge in [-0.3, -0.25) is 9.59 Å². The summed E-state index contributed by atoms with van der Waals surface area (Å²) in [5.41, 5.74) is 3.71. The van der Waals surface area contributed by atoms with Crippen molar-refractivity contribution in [1.29, 1.82) is 0 Å². The number of aromatic hydroxyl groups is 1. The Hall–Kier alpha value is -3.35. The van der Waals surface area contributed by atoms with E-state index in [4.69, 9.17) is 4.74 Å². The van der Waals surface area contributed by atoms with E-state index in [1.807, 2.05) is 13.0 Å².